The first-order chi connectivity index (χ1) is 16.4. The number of fused-ring (bicyclic) bond motifs is 1. The predicted octanol–water partition coefficient (Wildman–Crippen LogP) is -3.48. The molecule has 0 bridgehead atoms. The third-order valence-electron chi connectivity index (χ3n) is 4.28. The molecule has 2 amide bonds. The number of nitrogens with two attached hydrogens (primary N) is 1. The topological polar surface area (TPSA) is 203 Å². The van der Waals surface area contributed by atoms with Gasteiger partial charge in [-0.25, -0.2) is 4.98 Å². The van der Waals surface area contributed by atoms with Gasteiger partial charge in [-0.1, -0.05) is 11.8 Å². The molecule has 1 fully saturated rings. The van der Waals surface area contributed by atoms with Crippen LogP contribution in [0, 0.1) is 5.41 Å². The zero-order valence-electron chi connectivity index (χ0n) is 18.6. The van der Waals surface area contributed by atoms with Crippen LogP contribution in [-0.4, -0.2) is 74.6 Å². The molecule has 0 aromatic carbocycles. The number of aromatic nitrogens is 1. The molecule has 0 aliphatic carbocycles. The number of thiazole rings is 1. The fraction of sp³-hybridized carbons (Fsp3) is 0.263. The number of aliphatic hydroxyl groups is 1. The second-order valence-electron chi connectivity index (χ2n) is 6.22. The van der Waals surface area contributed by atoms with Gasteiger partial charge in [-0.3, -0.25) is 19.3 Å². The fourth-order valence-electron chi connectivity index (χ4n) is 2.86. The van der Waals surface area contributed by atoms with Gasteiger partial charge in [0.2, 0.25) is 6.41 Å². The van der Waals surface area contributed by atoms with Crippen LogP contribution in [0.1, 0.15) is 16.2 Å². The summed E-state index contributed by atoms with van der Waals surface area (Å²) in [5.74, 6) is -1.37. The number of hydrogen-bond donors (Lipinski definition) is 4. The van der Waals surface area contributed by atoms with Crippen LogP contribution < -0.4 is 45.7 Å². The maximum absolute atomic E-state index is 12.0. The van der Waals surface area contributed by atoms with Crippen LogP contribution in [0.25, 0.3) is 0 Å². The van der Waals surface area contributed by atoms with E-state index in [1.807, 2.05) is 0 Å². The molecule has 5 N–H and O–H groups in total. The third-order valence-corrected chi connectivity index (χ3v) is 7.26. The van der Waals surface area contributed by atoms with Crippen LogP contribution in [0.5, 0.6) is 0 Å². The van der Waals surface area contributed by atoms with E-state index in [0.717, 1.165) is 23.8 Å². The van der Waals surface area contributed by atoms with Crippen molar-refractivity contribution in [2.45, 2.75) is 11.4 Å². The summed E-state index contributed by atoms with van der Waals surface area (Å²) in [6.45, 7) is 0. The number of thioether (sulfide) groups is 2. The molecule has 4 heterocycles. The summed E-state index contributed by atoms with van der Waals surface area (Å²) in [6, 6.07) is 2.37. The van der Waals surface area contributed by atoms with Crippen LogP contribution in [0.4, 0.5) is 5.13 Å². The number of carbonyl (C=O) groups excluding carboxylic acids is 4. The molecule has 2 atom stereocenters. The van der Waals surface area contributed by atoms with Crippen molar-refractivity contribution in [1.82, 2.24) is 15.2 Å². The smallest absolute Gasteiger partial charge is 0.543 e. The number of β-lactam (4-membered cyclic amide) rings is 1. The number of hydrogen-bond acceptors (Lipinski definition) is 13. The summed E-state index contributed by atoms with van der Waals surface area (Å²) in [5, 5.41) is 29.0. The largest absolute Gasteiger partial charge is 1.00 e. The maximum Gasteiger partial charge on any atom is 1.00 e. The Kier molecular flexibility index (Phi) is 13.3. The number of amides is 2. The van der Waals surface area contributed by atoms with Gasteiger partial charge in [-0.15, -0.1) is 23.1 Å². The van der Waals surface area contributed by atoms with Crippen molar-refractivity contribution in [2.75, 3.05) is 24.3 Å². The van der Waals surface area contributed by atoms with E-state index < -0.39 is 23.3 Å². The average Bonchev–Trinajstić information content (AvgIpc) is 3.54. The van der Waals surface area contributed by atoms with Gasteiger partial charge in [-0.2, -0.15) is 0 Å². The Morgan fingerprint density at radius 2 is 2.20 bits per heavy atom. The van der Waals surface area contributed by atoms with Crippen LogP contribution in [-0.2, 0) is 14.4 Å². The molecule has 1 saturated heterocycles. The quantitative estimate of drug-likeness (QED) is 0.116. The molecule has 12 nitrogen and oxygen atoms in total. The van der Waals surface area contributed by atoms with Gasteiger partial charge in [0.15, 0.2) is 10.9 Å². The van der Waals surface area contributed by atoms with E-state index in [4.69, 9.17) is 20.7 Å². The molecule has 0 saturated carbocycles. The molecule has 2 aromatic rings. The van der Waals surface area contributed by atoms with E-state index in [1.54, 1.807) is 11.4 Å². The summed E-state index contributed by atoms with van der Waals surface area (Å²) in [4.78, 5) is 50.9. The Hall–Kier alpha value is -2.14. The van der Waals surface area contributed by atoms with Crippen molar-refractivity contribution >= 4 is 69.6 Å². The van der Waals surface area contributed by atoms with E-state index in [0.29, 0.717) is 28.6 Å². The number of furan rings is 1. The molecule has 4 rings (SSSR count). The minimum absolute atomic E-state index is 0. The number of aliphatic carboxylic acids is 1. The van der Waals surface area contributed by atoms with Crippen molar-refractivity contribution in [1.29, 1.82) is 5.41 Å². The van der Waals surface area contributed by atoms with E-state index in [-0.39, 0.29) is 51.9 Å². The van der Waals surface area contributed by atoms with E-state index in [1.165, 1.54) is 41.6 Å². The second kappa shape index (κ2) is 15.1. The van der Waals surface area contributed by atoms with Crippen LogP contribution >= 0.6 is 34.9 Å². The van der Waals surface area contributed by atoms with Gasteiger partial charge in [0.05, 0.1) is 23.6 Å². The fourth-order valence-corrected chi connectivity index (χ4v) is 5.67. The number of carbonyl (C=O) groups is 4. The van der Waals surface area contributed by atoms with Crippen molar-refractivity contribution in [3.05, 3.63) is 46.5 Å². The normalized spacial score (nSPS) is 17.8. The van der Waals surface area contributed by atoms with Crippen LogP contribution in [0.3, 0.4) is 0 Å². The molecule has 16 heteroatoms. The Bertz CT molecular complexity index is 1080. The summed E-state index contributed by atoms with van der Waals surface area (Å²) < 4.78 is 4.99. The average molecular weight is 550 g/mol. The minimum atomic E-state index is -1.47. The molecular formula is C19H20N5NaO7S3. The van der Waals surface area contributed by atoms with Crippen molar-refractivity contribution in [2.24, 2.45) is 0 Å². The van der Waals surface area contributed by atoms with Crippen LogP contribution in [0.15, 0.2) is 39.5 Å². The standard InChI is InChI=1S/C14H12N2O6S2.C4H5N3S.CH4O.Na/c17-6-15-9-11(18)16-10(13(19)20)7(4-23-12(9)16)5-24-14(21)8-2-1-3-22-8;5-1-3-2-8-4(6)7-3;1-2;/h1-3,6,9,12H,4-5H2,(H,15,17)(H,19,20);1-2,5H,(H2,6,7);2H,1H3;/q;;;+1/p-1/t9-,12-;;;/m1.../s1. The molecule has 35 heavy (non-hydrogen) atoms. The molecular weight excluding hydrogens is 529 g/mol. The number of anilines is 1. The summed E-state index contributed by atoms with van der Waals surface area (Å²) in [6.07, 6.45) is 2.96. The van der Waals surface area contributed by atoms with Gasteiger partial charge >= 0.3 is 29.6 Å². The van der Waals surface area contributed by atoms with Crippen molar-refractivity contribution in [3.63, 3.8) is 0 Å². The number of nitrogen functional groups attached to an aromatic ring is 1. The van der Waals surface area contributed by atoms with Gasteiger partial charge in [0.25, 0.3) is 11.0 Å². The molecule has 0 radical (unpaired) electrons. The number of carboxylic acid groups (broad SMARTS) is 1. The first kappa shape index (κ1) is 30.9. The Labute approximate surface area is 234 Å². The second-order valence-corrected chi connectivity index (χ2v) is 9.16. The van der Waals surface area contributed by atoms with Crippen molar-refractivity contribution < 1.29 is 63.4 Å². The number of rotatable bonds is 7. The Balaban J connectivity index is 0.000000471. The molecule has 0 spiro atoms. The zero-order chi connectivity index (χ0) is 25.3. The first-order valence-corrected chi connectivity index (χ1v) is 12.2. The van der Waals surface area contributed by atoms with Crippen molar-refractivity contribution in [3.8, 4) is 0 Å². The van der Waals surface area contributed by atoms with Gasteiger partial charge in [0, 0.05) is 30.2 Å². The van der Waals surface area contributed by atoms with E-state index >= 15 is 0 Å². The van der Waals surface area contributed by atoms with E-state index in [2.05, 4.69) is 10.3 Å². The molecule has 2 aromatic heterocycles. The van der Waals surface area contributed by atoms with Crippen LogP contribution in [0.2, 0.25) is 0 Å². The summed E-state index contributed by atoms with van der Waals surface area (Å²) in [5.41, 5.74) is 6.10. The predicted molar refractivity (Wildman–Crippen MR) is 126 cm³/mol. The number of nitrogens with one attached hydrogen (secondary N) is 2. The molecule has 182 valence electrons. The maximum atomic E-state index is 12.0. The van der Waals surface area contributed by atoms with Gasteiger partial charge < -0.3 is 35.9 Å². The molecule has 0 unspecified atom stereocenters. The first-order valence-electron chi connectivity index (χ1n) is 9.32. The Morgan fingerprint density at radius 1 is 1.49 bits per heavy atom. The summed E-state index contributed by atoms with van der Waals surface area (Å²) >= 11 is 3.57. The number of aliphatic hydroxyl groups excluding tert-OH is 1. The van der Waals surface area contributed by atoms with E-state index in [9.17, 15) is 24.3 Å². The minimum Gasteiger partial charge on any atom is -0.543 e. The zero-order valence-corrected chi connectivity index (χ0v) is 23.1. The SMILES string of the molecule is CO.N=Cc1csc(N)n1.O=CN[C@@H]1C(=O)N2C(C(=O)[O-])=C(CSC(=O)c3ccco3)CS[C@H]12.[Na+]. The Morgan fingerprint density at radius 3 is 2.69 bits per heavy atom. The van der Waals surface area contributed by atoms with Gasteiger partial charge in [0.1, 0.15) is 11.4 Å². The molecule has 2 aliphatic rings. The number of nitrogens with zero attached hydrogens (tertiary/aromatic N) is 2. The monoisotopic (exact) mass is 549 g/mol. The third kappa shape index (κ3) is 7.67. The van der Waals surface area contributed by atoms with Gasteiger partial charge in [-0.05, 0) is 17.7 Å². The number of carboxylic acids is 1. The molecule has 2 aliphatic heterocycles. The summed E-state index contributed by atoms with van der Waals surface area (Å²) in [7, 11) is 1.00.